The van der Waals surface area contributed by atoms with Crippen LogP contribution < -0.4 is 5.32 Å². The van der Waals surface area contributed by atoms with Gasteiger partial charge < -0.3 is 5.32 Å². The number of amides is 1. The second kappa shape index (κ2) is 6.02. The SMILES string of the molecule is O=C(NC1CCSc2ccccc21)c1ccc(Br)cc1. The molecule has 1 aliphatic rings. The average molecular weight is 348 g/mol. The number of fused-ring (bicyclic) bond motifs is 1. The highest BCUT2D eigenvalue weighted by Gasteiger charge is 2.22. The van der Waals surface area contributed by atoms with E-state index in [4.69, 9.17) is 0 Å². The molecule has 0 saturated carbocycles. The first-order chi connectivity index (χ1) is 9.74. The lowest BCUT2D eigenvalue weighted by Crippen LogP contribution is -2.30. The van der Waals surface area contributed by atoms with E-state index in [1.54, 1.807) is 0 Å². The maximum Gasteiger partial charge on any atom is 0.251 e. The lowest BCUT2D eigenvalue weighted by Gasteiger charge is -2.25. The maximum absolute atomic E-state index is 12.3. The number of thioether (sulfide) groups is 1. The topological polar surface area (TPSA) is 29.1 Å². The Labute approximate surface area is 131 Å². The molecule has 102 valence electrons. The van der Waals surface area contributed by atoms with Gasteiger partial charge in [-0.25, -0.2) is 0 Å². The van der Waals surface area contributed by atoms with Crippen molar-refractivity contribution in [2.45, 2.75) is 17.4 Å². The van der Waals surface area contributed by atoms with E-state index < -0.39 is 0 Å². The van der Waals surface area contributed by atoms with Crippen LogP contribution in [0, 0.1) is 0 Å². The molecule has 0 bridgehead atoms. The number of carbonyl (C=O) groups is 1. The molecule has 0 spiro atoms. The van der Waals surface area contributed by atoms with E-state index in [1.807, 2.05) is 48.2 Å². The van der Waals surface area contributed by atoms with Crippen molar-refractivity contribution >= 4 is 33.6 Å². The molecule has 4 heteroatoms. The molecule has 1 heterocycles. The van der Waals surface area contributed by atoms with Gasteiger partial charge in [-0.15, -0.1) is 11.8 Å². The van der Waals surface area contributed by atoms with E-state index in [2.05, 4.69) is 33.4 Å². The van der Waals surface area contributed by atoms with Crippen molar-refractivity contribution in [2.75, 3.05) is 5.75 Å². The Morgan fingerprint density at radius 2 is 1.90 bits per heavy atom. The quantitative estimate of drug-likeness (QED) is 0.871. The van der Waals surface area contributed by atoms with Crippen LogP contribution in [-0.4, -0.2) is 11.7 Å². The number of halogens is 1. The Balaban J connectivity index is 1.79. The first-order valence-electron chi connectivity index (χ1n) is 6.52. The molecule has 1 amide bonds. The summed E-state index contributed by atoms with van der Waals surface area (Å²) in [4.78, 5) is 13.6. The van der Waals surface area contributed by atoms with Crippen LogP contribution >= 0.6 is 27.7 Å². The third-order valence-corrected chi connectivity index (χ3v) is 5.02. The average Bonchev–Trinajstić information content (AvgIpc) is 2.48. The standard InChI is InChI=1S/C16H14BrNOS/c17-12-7-5-11(6-8-12)16(19)18-14-9-10-20-15-4-2-1-3-13(14)15/h1-8,14H,9-10H2,(H,18,19). The van der Waals surface area contributed by atoms with Crippen LogP contribution in [-0.2, 0) is 0 Å². The highest BCUT2D eigenvalue weighted by atomic mass is 79.9. The minimum atomic E-state index is -0.01000. The van der Waals surface area contributed by atoms with Gasteiger partial charge in [0.15, 0.2) is 0 Å². The van der Waals surface area contributed by atoms with Gasteiger partial charge in [-0.05, 0) is 42.3 Å². The molecule has 1 atom stereocenters. The summed E-state index contributed by atoms with van der Waals surface area (Å²) in [6, 6.07) is 15.9. The first kappa shape index (κ1) is 13.7. The van der Waals surface area contributed by atoms with Gasteiger partial charge in [0.2, 0.25) is 0 Å². The molecule has 0 fully saturated rings. The summed E-state index contributed by atoms with van der Waals surface area (Å²) >= 11 is 5.24. The van der Waals surface area contributed by atoms with Gasteiger partial charge >= 0.3 is 0 Å². The predicted molar refractivity (Wildman–Crippen MR) is 86.1 cm³/mol. The monoisotopic (exact) mass is 347 g/mol. The number of rotatable bonds is 2. The minimum absolute atomic E-state index is 0.01000. The summed E-state index contributed by atoms with van der Waals surface area (Å²) in [7, 11) is 0. The third kappa shape index (κ3) is 2.91. The van der Waals surface area contributed by atoms with Crippen LogP contribution in [0.2, 0.25) is 0 Å². The summed E-state index contributed by atoms with van der Waals surface area (Å²) < 4.78 is 0.980. The van der Waals surface area contributed by atoms with Crippen molar-refractivity contribution in [3.63, 3.8) is 0 Å². The second-order valence-corrected chi connectivity index (χ2v) is 6.76. The van der Waals surface area contributed by atoms with E-state index in [0.29, 0.717) is 5.56 Å². The lowest BCUT2D eigenvalue weighted by atomic mass is 10.0. The Bertz CT molecular complexity index is 627. The molecular formula is C16H14BrNOS. The molecule has 0 aromatic heterocycles. The highest BCUT2D eigenvalue weighted by Crippen LogP contribution is 2.35. The first-order valence-corrected chi connectivity index (χ1v) is 8.30. The minimum Gasteiger partial charge on any atom is -0.345 e. The van der Waals surface area contributed by atoms with Crippen molar-refractivity contribution < 1.29 is 4.79 Å². The van der Waals surface area contributed by atoms with Crippen LogP contribution in [0.1, 0.15) is 28.4 Å². The summed E-state index contributed by atoms with van der Waals surface area (Å²) in [5.41, 5.74) is 1.93. The highest BCUT2D eigenvalue weighted by molar-refractivity contribution is 9.10. The van der Waals surface area contributed by atoms with E-state index in [-0.39, 0.29) is 11.9 Å². The van der Waals surface area contributed by atoms with Gasteiger partial charge in [0, 0.05) is 20.7 Å². The maximum atomic E-state index is 12.3. The van der Waals surface area contributed by atoms with Crippen LogP contribution in [0.4, 0.5) is 0 Å². The van der Waals surface area contributed by atoms with Crippen molar-refractivity contribution in [1.29, 1.82) is 0 Å². The van der Waals surface area contributed by atoms with E-state index >= 15 is 0 Å². The summed E-state index contributed by atoms with van der Waals surface area (Å²) in [5.74, 6) is 1.03. The molecule has 0 saturated heterocycles. The molecule has 2 aromatic rings. The van der Waals surface area contributed by atoms with Crippen molar-refractivity contribution in [1.82, 2.24) is 5.32 Å². The zero-order valence-corrected chi connectivity index (χ0v) is 13.2. The summed E-state index contributed by atoms with van der Waals surface area (Å²) in [6.45, 7) is 0. The van der Waals surface area contributed by atoms with Gasteiger partial charge in [-0.2, -0.15) is 0 Å². The summed E-state index contributed by atoms with van der Waals surface area (Å²) in [6.07, 6.45) is 0.976. The fourth-order valence-corrected chi connectivity index (χ4v) is 3.72. The molecule has 1 unspecified atom stereocenters. The Hall–Kier alpha value is -1.26. The molecule has 1 aliphatic heterocycles. The predicted octanol–water partition coefficient (Wildman–Crippen LogP) is 4.42. The van der Waals surface area contributed by atoms with Gasteiger partial charge in [-0.3, -0.25) is 4.79 Å². The number of benzene rings is 2. The van der Waals surface area contributed by atoms with Crippen molar-refractivity contribution in [3.05, 3.63) is 64.1 Å². The summed E-state index contributed by atoms with van der Waals surface area (Å²) in [5, 5.41) is 3.14. The normalized spacial score (nSPS) is 17.4. The Morgan fingerprint density at radius 3 is 2.70 bits per heavy atom. The van der Waals surface area contributed by atoms with E-state index in [1.165, 1.54) is 10.5 Å². The molecule has 0 radical (unpaired) electrons. The smallest absolute Gasteiger partial charge is 0.251 e. The van der Waals surface area contributed by atoms with Crippen LogP contribution in [0.25, 0.3) is 0 Å². The van der Waals surface area contributed by atoms with Crippen LogP contribution in [0.15, 0.2) is 57.9 Å². The fourth-order valence-electron chi connectivity index (χ4n) is 2.33. The van der Waals surface area contributed by atoms with E-state index in [9.17, 15) is 4.79 Å². The molecule has 2 nitrogen and oxygen atoms in total. The second-order valence-electron chi connectivity index (χ2n) is 4.71. The number of nitrogens with one attached hydrogen (secondary N) is 1. The Kier molecular flexibility index (Phi) is 4.13. The van der Waals surface area contributed by atoms with Gasteiger partial charge in [0.25, 0.3) is 5.91 Å². The molecule has 3 rings (SSSR count). The zero-order chi connectivity index (χ0) is 13.9. The van der Waals surface area contributed by atoms with Crippen LogP contribution in [0.3, 0.4) is 0 Å². The lowest BCUT2D eigenvalue weighted by molar-refractivity contribution is 0.0935. The fraction of sp³-hybridized carbons (Fsp3) is 0.188. The zero-order valence-electron chi connectivity index (χ0n) is 10.8. The number of hydrogen-bond acceptors (Lipinski definition) is 2. The number of hydrogen-bond donors (Lipinski definition) is 1. The number of carbonyl (C=O) groups excluding carboxylic acids is 1. The largest absolute Gasteiger partial charge is 0.345 e. The molecule has 1 N–H and O–H groups in total. The van der Waals surface area contributed by atoms with Gasteiger partial charge in [0.05, 0.1) is 6.04 Å². The Morgan fingerprint density at radius 1 is 1.15 bits per heavy atom. The van der Waals surface area contributed by atoms with Crippen molar-refractivity contribution in [3.8, 4) is 0 Å². The van der Waals surface area contributed by atoms with Gasteiger partial charge in [-0.1, -0.05) is 34.1 Å². The van der Waals surface area contributed by atoms with Crippen LogP contribution in [0.5, 0.6) is 0 Å². The molecular weight excluding hydrogens is 334 g/mol. The van der Waals surface area contributed by atoms with Gasteiger partial charge in [0.1, 0.15) is 0 Å². The molecule has 20 heavy (non-hydrogen) atoms. The molecule has 2 aromatic carbocycles. The third-order valence-electron chi connectivity index (χ3n) is 3.37. The van der Waals surface area contributed by atoms with Crippen molar-refractivity contribution in [2.24, 2.45) is 0 Å². The van der Waals surface area contributed by atoms with E-state index in [0.717, 1.165) is 16.6 Å². The molecule has 0 aliphatic carbocycles.